The normalized spacial score (nSPS) is 17.5. The summed E-state index contributed by atoms with van der Waals surface area (Å²) in [6.45, 7) is 6.65. The predicted molar refractivity (Wildman–Crippen MR) is 135 cm³/mol. The lowest BCUT2D eigenvalue weighted by molar-refractivity contribution is -0.137. The topological polar surface area (TPSA) is 84.0 Å². The maximum absolute atomic E-state index is 13.6. The number of nitrogens with one attached hydrogen (secondary N) is 1. The zero-order valence-electron chi connectivity index (χ0n) is 21.2. The molecule has 8 nitrogen and oxygen atoms in total. The van der Waals surface area contributed by atoms with Crippen LogP contribution in [0.2, 0.25) is 0 Å². The molecule has 0 radical (unpaired) electrons. The van der Waals surface area contributed by atoms with E-state index in [1.807, 2.05) is 29.2 Å². The average molecular weight is 481 g/mol. The predicted octanol–water partition coefficient (Wildman–Crippen LogP) is 3.28. The first-order valence-corrected chi connectivity index (χ1v) is 12.2. The molecule has 0 atom stereocenters. The SMILES string of the molecule is COCCN1C(=O)C(C)(C)C(=O)N(CC2CC2)c2cc(CNCc3cccnc3COC)ccc21. The first-order chi connectivity index (χ1) is 16.9. The number of hydrogen-bond acceptors (Lipinski definition) is 6. The van der Waals surface area contributed by atoms with Gasteiger partial charge in [-0.2, -0.15) is 0 Å². The van der Waals surface area contributed by atoms with E-state index in [0.29, 0.717) is 45.3 Å². The van der Waals surface area contributed by atoms with Crippen LogP contribution < -0.4 is 15.1 Å². The highest BCUT2D eigenvalue weighted by atomic mass is 16.5. The third-order valence-electron chi connectivity index (χ3n) is 6.75. The van der Waals surface area contributed by atoms with Crippen LogP contribution in [-0.2, 0) is 38.8 Å². The molecule has 1 aromatic carbocycles. The number of aromatic nitrogens is 1. The fourth-order valence-corrected chi connectivity index (χ4v) is 4.49. The first kappa shape index (κ1) is 25.3. The lowest BCUT2D eigenvalue weighted by atomic mass is 9.90. The Balaban J connectivity index is 1.61. The Bertz CT molecular complexity index is 1070. The van der Waals surface area contributed by atoms with Crippen LogP contribution in [0.25, 0.3) is 0 Å². The highest BCUT2D eigenvalue weighted by Gasteiger charge is 2.47. The van der Waals surface area contributed by atoms with Crippen molar-refractivity contribution in [1.29, 1.82) is 0 Å². The Morgan fingerprint density at radius 3 is 2.51 bits per heavy atom. The summed E-state index contributed by atoms with van der Waals surface area (Å²) < 4.78 is 10.5. The van der Waals surface area contributed by atoms with Gasteiger partial charge in [-0.25, -0.2) is 0 Å². The molecule has 0 bridgehead atoms. The fraction of sp³-hybridized carbons (Fsp3) is 0.519. The Morgan fingerprint density at radius 2 is 1.80 bits per heavy atom. The smallest absolute Gasteiger partial charge is 0.242 e. The second-order valence-corrected chi connectivity index (χ2v) is 9.90. The van der Waals surface area contributed by atoms with E-state index < -0.39 is 5.41 Å². The number of rotatable bonds is 11. The lowest BCUT2D eigenvalue weighted by Gasteiger charge is -2.28. The van der Waals surface area contributed by atoms with Gasteiger partial charge in [0.25, 0.3) is 0 Å². The summed E-state index contributed by atoms with van der Waals surface area (Å²) in [5.74, 6) is 0.169. The molecule has 35 heavy (non-hydrogen) atoms. The monoisotopic (exact) mass is 480 g/mol. The van der Waals surface area contributed by atoms with Gasteiger partial charge < -0.3 is 24.6 Å². The molecule has 2 amide bonds. The summed E-state index contributed by atoms with van der Waals surface area (Å²) in [6.07, 6.45) is 4.02. The van der Waals surface area contributed by atoms with Crippen LogP contribution in [-0.4, -0.2) is 50.7 Å². The van der Waals surface area contributed by atoms with Crippen molar-refractivity contribution < 1.29 is 19.1 Å². The highest BCUT2D eigenvalue weighted by Crippen LogP contribution is 2.42. The third kappa shape index (κ3) is 5.55. The quantitative estimate of drug-likeness (QED) is 0.497. The van der Waals surface area contributed by atoms with Crippen molar-refractivity contribution in [2.24, 2.45) is 11.3 Å². The molecule has 188 valence electrons. The summed E-state index contributed by atoms with van der Waals surface area (Å²) in [6, 6.07) is 10.0. The zero-order valence-corrected chi connectivity index (χ0v) is 21.2. The van der Waals surface area contributed by atoms with Gasteiger partial charge in [-0.3, -0.25) is 14.6 Å². The van der Waals surface area contributed by atoms with Crippen LogP contribution in [0.3, 0.4) is 0 Å². The number of fused-ring (bicyclic) bond motifs is 1. The third-order valence-corrected chi connectivity index (χ3v) is 6.75. The summed E-state index contributed by atoms with van der Waals surface area (Å²) in [4.78, 5) is 35.1. The molecule has 0 spiro atoms. The Kier molecular flexibility index (Phi) is 7.84. The van der Waals surface area contributed by atoms with Gasteiger partial charge in [-0.15, -0.1) is 0 Å². The minimum Gasteiger partial charge on any atom is -0.383 e. The molecule has 4 rings (SSSR count). The number of ether oxygens (including phenoxy) is 2. The number of amides is 2. The molecule has 2 aliphatic rings. The molecule has 1 N–H and O–H groups in total. The number of methoxy groups -OCH3 is 2. The Morgan fingerprint density at radius 1 is 1.03 bits per heavy atom. The van der Waals surface area contributed by atoms with Gasteiger partial charge in [-0.1, -0.05) is 12.1 Å². The summed E-state index contributed by atoms with van der Waals surface area (Å²) in [5, 5.41) is 3.49. The van der Waals surface area contributed by atoms with Gasteiger partial charge in [-0.05, 0) is 61.9 Å². The second-order valence-electron chi connectivity index (χ2n) is 9.90. The number of carbonyl (C=O) groups excluding carboxylic acids is 2. The molecule has 1 aliphatic carbocycles. The minimum absolute atomic E-state index is 0.139. The van der Waals surface area contributed by atoms with Gasteiger partial charge in [0.1, 0.15) is 5.41 Å². The van der Waals surface area contributed by atoms with Crippen LogP contribution in [0.4, 0.5) is 11.4 Å². The van der Waals surface area contributed by atoms with Crippen molar-refractivity contribution in [3.05, 3.63) is 53.3 Å². The minimum atomic E-state index is -1.14. The van der Waals surface area contributed by atoms with E-state index in [2.05, 4.69) is 16.4 Å². The van der Waals surface area contributed by atoms with E-state index in [9.17, 15) is 9.59 Å². The molecule has 1 saturated carbocycles. The van der Waals surface area contributed by atoms with E-state index in [1.165, 1.54) is 0 Å². The largest absolute Gasteiger partial charge is 0.383 e. The molecular formula is C27H36N4O4. The number of pyridine rings is 1. The Labute approximate surface area is 207 Å². The summed E-state index contributed by atoms with van der Waals surface area (Å²) >= 11 is 0. The van der Waals surface area contributed by atoms with E-state index >= 15 is 0 Å². The standard InChI is InChI=1S/C27H36N4O4/c1-27(2)25(32)30(12-13-34-3)23-10-9-20(14-24(23)31(26(27)33)17-19-7-8-19)15-28-16-21-6-5-11-29-22(21)18-35-4/h5-6,9-11,14,19,28H,7-8,12-13,15-18H2,1-4H3. The molecule has 1 fully saturated rings. The van der Waals surface area contributed by atoms with Gasteiger partial charge in [0.05, 0.1) is 30.3 Å². The van der Waals surface area contributed by atoms with Gasteiger partial charge in [0, 0.05) is 46.6 Å². The Hall–Kier alpha value is -2.81. The van der Waals surface area contributed by atoms with Crippen LogP contribution in [0.5, 0.6) is 0 Å². The summed E-state index contributed by atoms with van der Waals surface area (Å²) in [5.41, 5.74) is 3.49. The van der Waals surface area contributed by atoms with Crippen molar-refractivity contribution in [3.63, 3.8) is 0 Å². The number of benzene rings is 1. The maximum atomic E-state index is 13.6. The second kappa shape index (κ2) is 10.8. The number of nitrogens with zero attached hydrogens (tertiary/aromatic N) is 3. The zero-order chi connectivity index (χ0) is 25.0. The molecule has 2 aromatic rings. The molecule has 0 unspecified atom stereocenters. The van der Waals surface area contributed by atoms with Gasteiger partial charge >= 0.3 is 0 Å². The van der Waals surface area contributed by atoms with Crippen molar-refractivity contribution in [2.45, 2.75) is 46.4 Å². The van der Waals surface area contributed by atoms with E-state index in [-0.39, 0.29) is 11.8 Å². The van der Waals surface area contributed by atoms with Crippen LogP contribution >= 0.6 is 0 Å². The lowest BCUT2D eigenvalue weighted by Crippen LogP contribution is -2.49. The number of anilines is 2. The fourth-order valence-electron chi connectivity index (χ4n) is 4.49. The van der Waals surface area contributed by atoms with Crippen LogP contribution in [0.1, 0.15) is 43.5 Å². The van der Waals surface area contributed by atoms with E-state index in [4.69, 9.17) is 9.47 Å². The molecule has 2 heterocycles. The van der Waals surface area contributed by atoms with Gasteiger partial charge in [0.15, 0.2) is 0 Å². The average Bonchev–Trinajstić information content (AvgIpc) is 3.68. The van der Waals surface area contributed by atoms with Crippen molar-refractivity contribution in [3.8, 4) is 0 Å². The van der Waals surface area contributed by atoms with E-state index in [1.54, 1.807) is 39.2 Å². The molecule has 1 aliphatic heterocycles. The maximum Gasteiger partial charge on any atom is 0.242 e. The molecule has 1 aromatic heterocycles. The number of hydrogen-bond donors (Lipinski definition) is 1. The number of carbonyl (C=O) groups is 2. The van der Waals surface area contributed by atoms with Crippen molar-refractivity contribution in [1.82, 2.24) is 10.3 Å². The summed E-state index contributed by atoms with van der Waals surface area (Å²) in [7, 11) is 3.28. The van der Waals surface area contributed by atoms with Crippen molar-refractivity contribution in [2.75, 3.05) is 43.7 Å². The molecule has 0 saturated heterocycles. The molecule has 8 heteroatoms. The van der Waals surface area contributed by atoms with Crippen LogP contribution in [0, 0.1) is 11.3 Å². The van der Waals surface area contributed by atoms with Gasteiger partial charge in [0.2, 0.25) is 11.8 Å². The first-order valence-electron chi connectivity index (χ1n) is 12.2. The highest BCUT2D eigenvalue weighted by molar-refractivity contribution is 6.20. The van der Waals surface area contributed by atoms with Crippen LogP contribution in [0.15, 0.2) is 36.5 Å². The van der Waals surface area contributed by atoms with Crippen molar-refractivity contribution >= 4 is 23.2 Å². The molecular weight excluding hydrogens is 444 g/mol. The van der Waals surface area contributed by atoms with E-state index in [0.717, 1.165) is 41.0 Å².